The van der Waals surface area contributed by atoms with E-state index in [2.05, 4.69) is 5.32 Å². The Morgan fingerprint density at radius 1 is 1.43 bits per heavy atom. The second kappa shape index (κ2) is 7.41. The highest BCUT2D eigenvalue weighted by molar-refractivity contribution is 5.67. The van der Waals surface area contributed by atoms with Gasteiger partial charge in [0.2, 0.25) is 0 Å². The van der Waals surface area contributed by atoms with Crippen molar-refractivity contribution in [1.82, 2.24) is 5.32 Å². The van der Waals surface area contributed by atoms with Crippen LogP contribution < -0.4 is 10.2 Å². The minimum absolute atomic E-state index is 0.000488. The number of carboxylic acids is 1. The van der Waals surface area contributed by atoms with Crippen molar-refractivity contribution < 1.29 is 14.3 Å². The van der Waals surface area contributed by atoms with E-state index >= 15 is 0 Å². The lowest BCUT2D eigenvalue weighted by Gasteiger charge is -2.20. The van der Waals surface area contributed by atoms with Crippen molar-refractivity contribution >= 4 is 11.7 Å². The maximum Gasteiger partial charge on any atom is 0.305 e. The van der Waals surface area contributed by atoms with E-state index in [1.807, 2.05) is 0 Å². The second-order valence-electron chi connectivity index (χ2n) is 5.71. The predicted octanol–water partition coefficient (Wildman–Crippen LogP) is 2.77. The number of hydrogen-bond acceptors (Lipinski definition) is 3. The number of rotatable bonds is 7. The van der Waals surface area contributed by atoms with Crippen LogP contribution in [0.2, 0.25) is 0 Å². The minimum atomic E-state index is -0.874. The largest absolute Gasteiger partial charge is 0.481 e. The summed E-state index contributed by atoms with van der Waals surface area (Å²) in [6.45, 7) is 1.02. The Morgan fingerprint density at radius 2 is 2.14 bits per heavy atom. The minimum Gasteiger partial charge on any atom is -0.481 e. The number of anilines is 1. The zero-order valence-corrected chi connectivity index (χ0v) is 12.4. The van der Waals surface area contributed by atoms with Crippen LogP contribution in [0.1, 0.15) is 37.7 Å². The molecule has 1 aliphatic carbocycles. The van der Waals surface area contributed by atoms with Gasteiger partial charge < -0.3 is 15.3 Å². The number of carboxylic acid groups (broad SMARTS) is 1. The van der Waals surface area contributed by atoms with Gasteiger partial charge >= 0.3 is 5.97 Å². The Bertz CT molecular complexity index is 487. The molecule has 1 aliphatic rings. The first-order valence-electron chi connectivity index (χ1n) is 7.51. The van der Waals surface area contributed by atoms with Gasteiger partial charge in [-0.25, -0.2) is 4.39 Å². The summed E-state index contributed by atoms with van der Waals surface area (Å²) in [6.07, 6.45) is 4.99. The Balaban J connectivity index is 1.96. The van der Waals surface area contributed by atoms with Gasteiger partial charge in [-0.15, -0.1) is 0 Å². The van der Waals surface area contributed by atoms with E-state index in [0.29, 0.717) is 18.3 Å². The highest BCUT2D eigenvalue weighted by Crippen LogP contribution is 2.22. The van der Waals surface area contributed by atoms with Crippen LogP contribution in [0.4, 0.5) is 10.1 Å². The molecule has 0 radical (unpaired) electrons. The molecule has 5 heteroatoms. The van der Waals surface area contributed by atoms with Crippen molar-refractivity contribution in [2.45, 2.75) is 44.7 Å². The smallest absolute Gasteiger partial charge is 0.305 e. The number of hydrogen-bond donors (Lipinski definition) is 2. The molecule has 0 amide bonds. The molecular formula is C16H23FN2O2. The molecule has 0 aromatic heterocycles. The first-order chi connectivity index (χ1) is 10.1. The van der Waals surface area contributed by atoms with Crippen molar-refractivity contribution in [3.63, 3.8) is 0 Å². The van der Waals surface area contributed by atoms with Crippen molar-refractivity contribution in [3.05, 3.63) is 29.6 Å². The van der Waals surface area contributed by atoms with Crippen molar-refractivity contribution in [2.75, 3.05) is 18.5 Å². The zero-order valence-electron chi connectivity index (χ0n) is 12.4. The van der Waals surface area contributed by atoms with Gasteiger partial charge in [-0.3, -0.25) is 4.79 Å². The van der Waals surface area contributed by atoms with Gasteiger partial charge in [0, 0.05) is 26.2 Å². The maximum absolute atomic E-state index is 13.9. The number of aliphatic carboxylic acids is 1. The summed E-state index contributed by atoms with van der Waals surface area (Å²) in [7, 11) is 1.72. The summed E-state index contributed by atoms with van der Waals surface area (Å²) in [5.41, 5.74) is 1.49. The Labute approximate surface area is 125 Å². The molecule has 21 heavy (non-hydrogen) atoms. The van der Waals surface area contributed by atoms with Crippen LogP contribution in [0, 0.1) is 5.82 Å². The molecule has 1 fully saturated rings. The third kappa shape index (κ3) is 4.70. The Kier molecular flexibility index (Phi) is 5.56. The molecule has 0 spiro atoms. The molecule has 0 bridgehead atoms. The van der Waals surface area contributed by atoms with E-state index < -0.39 is 5.97 Å². The standard InChI is InChI=1S/C16H23FN2O2/c1-19(9-8-16(20)21)15-10-12(6-7-14(15)17)11-18-13-4-2-3-5-13/h6-7,10,13,18H,2-5,8-9,11H2,1H3,(H,20,21). The molecule has 0 aliphatic heterocycles. The third-order valence-corrected chi connectivity index (χ3v) is 4.03. The molecule has 1 aromatic carbocycles. The molecule has 0 heterocycles. The number of carbonyl (C=O) groups is 1. The summed E-state index contributed by atoms with van der Waals surface area (Å²) < 4.78 is 13.9. The van der Waals surface area contributed by atoms with Gasteiger partial charge in [-0.2, -0.15) is 0 Å². The van der Waals surface area contributed by atoms with E-state index in [4.69, 9.17) is 5.11 Å². The average molecular weight is 294 g/mol. The normalized spacial score (nSPS) is 15.3. The molecule has 1 aromatic rings. The van der Waals surface area contributed by atoms with Gasteiger partial charge in [0.05, 0.1) is 12.1 Å². The van der Waals surface area contributed by atoms with E-state index in [1.54, 1.807) is 24.1 Å². The first-order valence-corrected chi connectivity index (χ1v) is 7.51. The van der Waals surface area contributed by atoms with Gasteiger partial charge in [-0.1, -0.05) is 18.9 Å². The quantitative estimate of drug-likeness (QED) is 0.812. The summed E-state index contributed by atoms with van der Waals surface area (Å²) in [6, 6.07) is 5.62. The molecule has 1 saturated carbocycles. The molecule has 2 rings (SSSR count). The first kappa shape index (κ1) is 15.8. The van der Waals surface area contributed by atoms with Crippen LogP contribution in [0.5, 0.6) is 0 Å². The monoisotopic (exact) mass is 294 g/mol. The van der Waals surface area contributed by atoms with Crippen LogP contribution in [-0.4, -0.2) is 30.7 Å². The van der Waals surface area contributed by atoms with E-state index in [0.717, 1.165) is 12.1 Å². The fourth-order valence-electron chi connectivity index (χ4n) is 2.74. The molecule has 116 valence electrons. The Morgan fingerprint density at radius 3 is 2.81 bits per heavy atom. The summed E-state index contributed by atoms with van der Waals surface area (Å²) >= 11 is 0. The second-order valence-corrected chi connectivity index (χ2v) is 5.71. The molecule has 0 saturated heterocycles. The molecule has 4 nitrogen and oxygen atoms in total. The summed E-state index contributed by atoms with van der Waals surface area (Å²) in [5.74, 6) is -1.19. The molecule has 2 N–H and O–H groups in total. The maximum atomic E-state index is 13.9. The lowest BCUT2D eigenvalue weighted by atomic mass is 10.1. The number of nitrogens with one attached hydrogen (secondary N) is 1. The number of halogens is 1. The highest BCUT2D eigenvalue weighted by Gasteiger charge is 2.15. The fourth-order valence-corrected chi connectivity index (χ4v) is 2.74. The van der Waals surface area contributed by atoms with E-state index in [1.165, 1.54) is 31.7 Å². The predicted molar refractivity (Wildman–Crippen MR) is 81.0 cm³/mol. The molecule has 0 atom stereocenters. The van der Waals surface area contributed by atoms with E-state index in [9.17, 15) is 9.18 Å². The van der Waals surface area contributed by atoms with Crippen LogP contribution in [0.3, 0.4) is 0 Å². The van der Waals surface area contributed by atoms with Crippen molar-refractivity contribution in [1.29, 1.82) is 0 Å². The van der Waals surface area contributed by atoms with Crippen LogP contribution >= 0.6 is 0 Å². The van der Waals surface area contributed by atoms with Crippen LogP contribution in [-0.2, 0) is 11.3 Å². The number of benzene rings is 1. The van der Waals surface area contributed by atoms with Gasteiger partial charge in [-0.05, 0) is 30.5 Å². The van der Waals surface area contributed by atoms with Crippen molar-refractivity contribution in [2.24, 2.45) is 0 Å². The van der Waals surface area contributed by atoms with Gasteiger partial charge in [0.1, 0.15) is 5.82 Å². The van der Waals surface area contributed by atoms with Crippen LogP contribution in [0.15, 0.2) is 18.2 Å². The average Bonchev–Trinajstić information content (AvgIpc) is 2.97. The molecule has 0 unspecified atom stereocenters. The summed E-state index contributed by atoms with van der Waals surface area (Å²) in [4.78, 5) is 12.3. The zero-order chi connectivity index (χ0) is 15.2. The highest BCUT2D eigenvalue weighted by atomic mass is 19.1. The fraction of sp³-hybridized carbons (Fsp3) is 0.562. The van der Waals surface area contributed by atoms with Gasteiger partial charge in [0.25, 0.3) is 0 Å². The lowest BCUT2D eigenvalue weighted by molar-refractivity contribution is -0.136. The van der Waals surface area contributed by atoms with Gasteiger partial charge in [0.15, 0.2) is 0 Å². The summed E-state index contributed by atoms with van der Waals surface area (Å²) in [5, 5.41) is 12.2. The Hall–Kier alpha value is -1.62. The number of nitrogens with zero attached hydrogens (tertiary/aromatic N) is 1. The van der Waals surface area contributed by atoms with Crippen LogP contribution in [0.25, 0.3) is 0 Å². The third-order valence-electron chi connectivity index (χ3n) is 4.03. The van der Waals surface area contributed by atoms with E-state index in [-0.39, 0.29) is 12.2 Å². The van der Waals surface area contributed by atoms with Crippen molar-refractivity contribution in [3.8, 4) is 0 Å². The topological polar surface area (TPSA) is 52.6 Å². The lowest BCUT2D eigenvalue weighted by Crippen LogP contribution is -2.26. The SMILES string of the molecule is CN(CCC(=O)O)c1cc(CNC2CCCC2)ccc1F. The molecular weight excluding hydrogens is 271 g/mol.